The number of phenols is 1. The van der Waals surface area contributed by atoms with Crippen molar-refractivity contribution in [2.45, 2.75) is 64.4 Å². The number of fused-ring (bicyclic) bond motifs is 8. The molecule has 4 aromatic carbocycles. The zero-order valence-corrected chi connectivity index (χ0v) is 48.2. The normalized spacial score (nSPS) is 17.1. The van der Waals surface area contributed by atoms with E-state index < -0.39 is 42.8 Å². The van der Waals surface area contributed by atoms with Gasteiger partial charge in [-0.3, -0.25) is 19.1 Å². The maximum atomic E-state index is 13.8. The molecule has 5 aliphatic rings. The van der Waals surface area contributed by atoms with Gasteiger partial charge < -0.3 is 59.0 Å². The summed E-state index contributed by atoms with van der Waals surface area (Å²) in [6, 6.07) is 21.3. The smallest absolute Gasteiger partial charge is 0.409 e. The number of carbonyl (C=O) groups is 5. The zero-order chi connectivity index (χ0) is 61.1. The minimum absolute atomic E-state index is 0.00469. The van der Waals surface area contributed by atoms with E-state index in [1.807, 2.05) is 41.5 Å². The van der Waals surface area contributed by atoms with Gasteiger partial charge in [-0.15, -0.1) is 0 Å². The molecule has 11 rings (SSSR count). The van der Waals surface area contributed by atoms with Crippen LogP contribution in [0.3, 0.4) is 0 Å². The molecule has 3 N–H and O–H groups in total. The first-order valence-corrected chi connectivity index (χ1v) is 28.5. The number of halogens is 3. The molecule has 1 unspecified atom stereocenters. The van der Waals surface area contributed by atoms with Crippen molar-refractivity contribution >= 4 is 75.7 Å². The highest BCUT2D eigenvalue weighted by Crippen LogP contribution is 2.44. The number of aromatic nitrogens is 2. The molecule has 5 aliphatic heterocycles. The monoisotopic (exact) mass is 1200 g/mol. The van der Waals surface area contributed by atoms with Crippen LogP contribution in [0.25, 0.3) is 22.0 Å². The van der Waals surface area contributed by atoms with Gasteiger partial charge in [-0.05, 0) is 95.9 Å². The minimum Gasteiger partial charge on any atom is -0.507 e. The molecule has 0 spiro atoms. The number of likely N-dealkylation sites (N-methyl/N-ethyl adjacent to an activating group) is 2. The average molecular weight is 1200 g/mol. The molecule has 0 aliphatic carbocycles. The number of hydrogen-bond acceptors (Lipinski definition) is 16. The Bertz CT molecular complexity index is 3760. The van der Waals surface area contributed by atoms with E-state index in [2.05, 4.69) is 36.2 Å². The lowest BCUT2D eigenvalue weighted by molar-refractivity contribution is -0.686. The van der Waals surface area contributed by atoms with Crippen molar-refractivity contribution in [3.63, 3.8) is 0 Å². The largest absolute Gasteiger partial charge is 0.507 e. The zero-order valence-electron chi connectivity index (χ0n) is 48.2. The number of anilines is 1. The predicted octanol–water partition coefficient (Wildman–Crippen LogP) is 9.22. The lowest BCUT2D eigenvalue weighted by Crippen LogP contribution is -2.47. The molecular formula is C61H64F3N12O11+. The minimum atomic E-state index is -4.52. The van der Waals surface area contributed by atoms with Crippen molar-refractivity contribution in [3.05, 3.63) is 108 Å². The van der Waals surface area contributed by atoms with E-state index in [0.29, 0.717) is 83.9 Å². The molecule has 2 aromatic heterocycles. The number of hydrogen-bond donors (Lipinski definition) is 3. The highest BCUT2D eigenvalue weighted by molar-refractivity contribution is 6.39. The van der Waals surface area contributed by atoms with Gasteiger partial charge in [-0.25, -0.2) is 19.4 Å². The van der Waals surface area contributed by atoms with Gasteiger partial charge in [0.25, 0.3) is 5.91 Å². The van der Waals surface area contributed by atoms with Crippen molar-refractivity contribution in [1.29, 1.82) is 0 Å². The number of aromatic hydroxyl groups is 1. The molecular weight excluding hydrogens is 1130 g/mol. The number of amidine groups is 1. The number of nitrogens with zero attached hydrogens (tertiary/aromatic N) is 10. The molecule has 0 radical (unpaired) electrons. The lowest BCUT2D eigenvalue weighted by Gasteiger charge is -2.34. The number of esters is 1. The Hall–Kier alpha value is -9.75. The molecule has 454 valence electrons. The number of methoxy groups -OCH3 is 1. The molecule has 6 aromatic rings. The summed E-state index contributed by atoms with van der Waals surface area (Å²) in [4.78, 5) is 81.4. The number of unbranched alkanes of at least 4 members (excludes halogenated alkanes) is 1. The van der Waals surface area contributed by atoms with Crippen molar-refractivity contribution in [3.8, 4) is 40.0 Å². The molecule has 3 atom stereocenters. The molecule has 1 saturated heterocycles. The van der Waals surface area contributed by atoms with E-state index >= 15 is 0 Å². The standard InChI is InChI=1S/C61H63F3N12O11/c1-5-37-30-74(58(80)68-34-61(62,63)64)31-44(37)48-28-66-53-29-67-56-46(76(48)53)18-21-75(56)59(81)71(2)22-23-72(3)60(82)84-33-36-9-12-40(13-10-36)69-70-41-14-15-49(77)43(26-41)57(79)65-19-7-6-8-54(78)87-55-45-32-73-20-17-39-25-51-52(86-35-85-51)27-42(39)47(73)24-38(45)11-16-50(55)83-4/h9-16,18,21,24-27,29,32,37,44,48H,5-8,17,19-20,22-23,28,30-31,33-35H2,1-4H3,(H2-,65,68,69,77,79,80)/p+1/t37-,44+,48?/m1/s1. The van der Waals surface area contributed by atoms with Crippen LogP contribution in [0.2, 0.25) is 0 Å². The summed E-state index contributed by atoms with van der Waals surface area (Å²) in [5.41, 5.74) is 5.32. The van der Waals surface area contributed by atoms with Crippen molar-refractivity contribution in [2.24, 2.45) is 32.0 Å². The fraction of sp³-hybridized carbons (Fsp3) is 0.377. The second-order valence-corrected chi connectivity index (χ2v) is 21.8. The maximum Gasteiger partial charge on any atom is 0.409 e. The number of likely N-dealkylation sites (tertiary alicyclic amines) is 1. The number of rotatable bonds is 18. The van der Waals surface area contributed by atoms with Crippen LogP contribution in [0.4, 0.5) is 50.4 Å². The average Bonchev–Trinajstić information content (AvgIpc) is 1.83. The van der Waals surface area contributed by atoms with Gasteiger partial charge in [0.1, 0.15) is 24.7 Å². The highest BCUT2D eigenvalue weighted by atomic mass is 19.4. The second kappa shape index (κ2) is 25.1. The third-order valence-electron chi connectivity index (χ3n) is 16.2. The molecule has 7 heterocycles. The third-order valence-corrected chi connectivity index (χ3v) is 16.2. The van der Waals surface area contributed by atoms with E-state index in [-0.39, 0.29) is 75.2 Å². The van der Waals surface area contributed by atoms with Crippen LogP contribution in [-0.4, -0.2) is 152 Å². The molecule has 23 nitrogen and oxygen atoms in total. The number of aliphatic imine (C=N–C) groups is 2. The number of aryl methyl sites for hydroxylation is 2. The summed E-state index contributed by atoms with van der Waals surface area (Å²) in [5, 5.41) is 25.5. The Balaban J connectivity index is 0.609. The summed E-state index contributed by atoms with van der Waals surface area (Å²) >= 11 is 0. The summed E-state index contributed by atoms with van der Waals surface area (Å²) in [6.45, 7) is 2.90. The fourth-order valence-electron chi connectivity index (χ4n) is 11.5. The molecule has 1 fully saturated rings. The van der Waals surface area contributed by atoms with Crippen LogP contribution in [0.15, 0.2) is 111 Å². The summed E-state index contributed by atoms with van der Waals surface area (Å²) in [5.74, 6) is 1.87. The SMILES string of the molecule is CC[C@@H]1CN(C(=O)NCC(F)(F)F)C[C@@H]1C1CN=C2C=Nc3c(ccn3C(=O)N(C)CCN(C)C(=O)OCc3ccc(/N=N/c4ccc(O)c(C(=O)NCCCCC(=O)Oc5c(OC)ccc6cc7[n+](cc56)CCc5cc6c(cc5-7)OCO6)c4)cc3)N21. The van der Waals surface area contributed by atoms with E-state index in [1.54, 1.807) is 62.9 Å². The van der Waals surface area contributed by atoms with Crippen LogP contribution in [-0.2, 0) is 29.1 Å². The first kappa shape index (κ1) is 59.0. The molecule has 5 amide bonds. The lowest BCUT2D eigenvalue weighted by atomic mass is 9.86. The van der Waals surface area contributed by atoms with Crippen molar-refractivity contribution in [2.75, 3.05) is 78.7 Å². The van der Waals surface area contributed by atoms with Gasteiger partial charge in [-0.1, -0.05) is 25.5 Å². The first-order valence-electron chi connectivity index (χ1n) is 28.5. The molecule has 87 heavy (non-hydrogen) atoms. The summed E-state index contributed by atoms with van der Waals surface area (Å²) in [7, 11) is 4.68. The number of ether oxygens (including phenoxy) is 5. The number of nitrogens with one attached hydrogen (secondary N) is 2. The van der Waals surface area contributed by atoms with Crippen LogP contribution < -0.4 is 39.0 Å². The van der Waals surface area contributed by atoms with Gasteiger partial charge >= 0.3 is 30.3 Å². The van der Waals surface area contributed by atoms with E-state index in [4.69, 9.17) is 23.7 Å². The molecule has 0 bridgehead atoms. The van der Waals surface area contributed by atoms with Gasteiger partial charge in [0.2, 0.25) is 12.5 Å². The molecule has 0 saturated carbocycles. The van der Waals surface area contributed by atoms with Crippen LogP contribution >= 0.6 is 0 Å². The van der Waals surface area contributed by atoms with E-state index in [0.717, 1.165) is 40.7 Å². The number of urea groups is 1. The molecule has 26 heteroatoms. The Morgan fingerprint density at radius 1 is 0.908 bits per heavy atom. The van der Waals surface area contributed by atoms with Crippen LogP contribution in [0, 0.1) is 11.8 Å². The number of azo groups is 1. The van der Waals surface area contributed by atoms with Crippen LogP contribution in [0.1, 0.15) is 54.1 Å². The first-order chi connectivity index (χ1) is 41.9. The number of amides is 5. The predicted molar refractivity (Wildman–Crippen MR) is 312 cm³/mol. The van der Waals surface area contributed by atoms with Gasteiger partial charge in [-0.2, -0.15) is 28.0 Å². The third kappa shape index (κ3) is 12.8. The van der Waals surface area contributed by atoms with Crippen LogP contribution in [0.5, 0.6) is 28.7 Å². The Morgan fingerprint density at radius 3 is 2.46 bits per heavy atom. The van der Waals surface area contributed by atoms with E-state index in [9.17, 15) is 42.3 Å². The quantitative estimate of drug-likeness (QED) is 0.0240. The van der Waals surface area contributed by atoms with E-state index in [1.165, 1.54) is 50.1 Å². The number of benzene rings is 4. The van der Waals surface area contributed by atoms with Gasteiger partial charge in [0, 0.05) is 77.8 Å². The maximum absolute atomic E-state index is 13.8. The topological polar surface area (TPSA) is 247 Å². The van der Waals surface area contributed by atoms with Gasteiger partial charge in [0.05, 0.1) is 59.5 Å². The number of phenolic OH excluding ortho intramolecular Hbond substituents is 1. The Labute approximate surface area is 497 Å². The highest BCUT2D eigenvalue weighted by Gasteiger charge is 2.46. The summed E-state index contributed by atoms with van der Waals surface area (Å²) in [6.07, 6.45) is 2.48. The summed E-state index contributed by atoms with van der Waals surface area (Å²) < 4.78 is 70.5. The van der Waals surface area contributed by atoms with Crippen molar-refractivity contribution in [1.82, 2.24) is 29.9 Å². The van der Waals surface area contributed by atoms with Gasteiger partial charge in [0.15, 0.2) is 41.6 Å². The fourth-order valence-corrected chi connectivity index (χ4v) is 11.5. The Kier molecular flexibility index (Phi) is 17.0. The number of pyridine rings is 1. The second-order valence-electron chi connectivity index (χ2n) is 21.8. The van der Waals surface area contributed by atoms with Crippen molar-refractivity contribution < 1.29 is 70.5 Å². The number of alkyl halides is 3. The number of carbonyl (C=O) groups excluding carboxylic acids is 5. The Morgan fingerprint density at radius 2 is 1.68 bits per heavy atom.